The largest absolute Gasteiger partial charge is 0.494 e. The summed E-state index contributed by atoms with van der Waals surface area (Å²) in [5.41, 5.74) is 0.577. The Morgan fingerprint density at radius 3 is 2.53 bits per heavy atom. The van der Waals surface area contributed by atoms with Gasteiger partial charge in [-0.15, -0.1) is 0 Å². The van der Waals surface area contributed by atoms with Crippen LogP contribution in [-0.4, -0.2) is 26.4 Å². The van der Waals surface area contributed by atoms with Gasteiger partial charge in [0.25, 0.3) is 0 Å². The standard InChI is InChI=1S/C13H20FNO2/c1-13(2,17-4)7-8-15-10-5-6-12(16-3)11(14)9-10/h5-6,9,15H,7-8H2,1-4H3. The van der Waals surface area contributed by atoms with Crippen LogP contribution >= 0.6 is 0 Å². The van der Waals surface area contributed by atoms with Gasteiger partial charge in [0.15, 0.2) is 11.6 Å². The molecule has 1 rings (SSSR count). The lowest BCUT2D eigenvalue weighted by molar-refractivity contribution is 0.0185. The minimum Gasteiger partial charge on any atom is -0.494 e. The van der Waals surface area contributed by atoms with Gasteiger partial charge in [-0.2, -0.15) is 0 Å². The second-order valence-electron chi connectivity index (χ2n) is 4.49. The van der Waals surface area contributed by atoms with Gasteiger partial charge in [0, 0.05) is 25.4 Å². The van der Waals surface area contributed by atoms with Gasteiger partial charge in [-0.3, -0.25) is 0 Å². The van der Waals surface area contributed by atoms with E-state index in [0.29, 0.717) is 0 Å². The van der Waals surface area contributed by atoms with Gasteiger partial charge in [0.05, 0.1) is 12.7 Å². The minimum absolute atomic E-state index is 0.169. The van der Waals surface area contributed by atoms with Gasteiger partial charge in [-0.05, 0) is 32.4 Å². The third-order valence-corrected chi connectivity index (χ3v) is 2.76. The molecule has 1 aromatic carbocycles. The van der Waals surface area contributed by atoms with Crippen molar-refractivity contribution in [2.45, 2.75) is 25.9 Å². The molecule has 0 saturated carbocycles. The van der Waals surface area contributed by atoms with E-state index in [4.69, 9.17) is 9.47 Å². The zero-order valence-electron chi connectivity index (χ0n) is 10.8. The molecule has 0 unspecified atom stereocenters. The molecule has 0 aliphatic heterocycles. The van der Waals surface area contributed by atoms with E-state index in [2.05, 4.69) is 5.32 Å². The average Bonchev–Trinajstić information content (AvgIpc) is 2.29. The predicted molar refractivity (Wildman–Crippen MR) is 67.1 cm³/mol. The number of benzene rings is 1. The summed E-state index contributed by atoms with van der Waals surface area (Å²) in [6.45, 7) is 4.76. The molecule has 0 saturated heterocycles. The topological polar surface area (TPSA) is 30.5 Å². The van der Waals surface area contributed by atoms with E-state index in [9.17, 15) is 4.39 Å². The van der Waals surface area contributed by atoms with Crippen LogP contribution < -0.4 is 10.1 Å². The SMILES string of the molecule is COc1ccc(NCCC(C)(C)OC)cc1F. The second kappa shape index (κ2) is 5.87. The summed E-state index contributed by atoms with van der Waals surface area (Å²) in [6, 6.07) is 4.83. The van der Waals surface area contributed by atoms with E-state index in [1.165, 1.54) is 13.2 Å². The molecule has 1 aromatic rings. The maximum atomic E-state index is 13.4. The molecular formula is C13H20FNO2. The molecular weight excluding hydrogens is 221 g/mol. The molecule has 96 valence electrons. The predicted octanol–water partition coefficient (Wildman–Crippen LogP) is 3.06. The summed E-state index contributed by atoms with van der Waals surface area (Å²) >= 11 is 0. The Labute approximate surface area is 102 Å². The Hall–Kier alpha value is -1.29. The molecule has 0 aliphatic rings. The fourth-order valence-corrected chi connectivity index (χ4v) is 1.39. The molecule has 0 heterocycles. The normalized spacial score (nSPS) is 11.4. The van der Waals surface area contributed by atoms with Gasteiger partial charge >= 0.3 is 0 Å². The fraction of sp³-hybridized carbons (Fsp3) is 0.538. The van der Waals surface area contributed by atoms with Crippen molar-refractivity contribution in [1.82, 2.24) is 0 Å². The molecule has 0 amide bonds. The monoisotopic (exact) mass is 241 g/mol. The molecule has 0 fully saturated rings. The van der Waals surface area contributed by atoms with Crippen molar-refractivity contribution in [1.29, 1.82) is 0 Å². The Morgan fingerprint density at radius 1 is 1.29 bits per heavy atom. The lowest BCUT2D eigenvalue weighted by atomic mass is 10.1. The number of rotatable bonds is 6. The lowest BCUT2D eigenvalue weighted by Gasteiger charge is -2.23. The first kappa shape index (κ1) is 13.8. The van der Waals surface area contributed by atoms with Crippen LogP contribution in [0.4, 0.5) is 10.1 Å². The third kappa shape index (κ3) is 4.23. The number of hydrogen-bond acceptors (Lipinski definition) is 3. The summed E-state index contributed by atoms with van der Waals surface area (Å²) in [7, 11) is 3.14. The van der Waals surface area contributed by atoms with Crippen LogP contribution in [0.15, 0.2) is 18.2 Å². The summed E-state index contributed by atoms with van der Waals surface area (Å²) < 4.78 is 23.5. The van der Waals surface area contributed by atoms with E-state index < -0.39 is 0 Å². The van der Waals surface area contributed by atoms with Gasteiger partial charge in [0.2, 0.25) is 0 Å². The van der Waals surface area contributed by atoms with Crippen LogP contribution in [0.1, 0.15) is 20.3 Å². The summed E-state index contributed by atoms with van der Waals surface area (Å²) in [5.74, 6) is -0.101. The van der Waals surface area contributed by atoms with E-state index in [-0.39, 0.29) is 17.2 Å². The summed E-state index contributed by atoms with van der Waals surface area (Å²) in [5, 5.41) is 3.15. The maximum Gasteiger partial charge on any atom is 0.167 e. The molecule has 0 aliphatic carbocycles. The number of halogens is 1. The molecule has 1 N–H and O–H groups in total. The maximum absolute atomic E-state index is 13.4. The third-order valence-electron chi connectivity index (χ3n) is 2.76. The first-order valence-corrected chi connectivity index (χ1v) is 5.61. The fourth-order valence-electron chi connectivity index (χ4n) is 1.39. The number of nitrogens with one attached hydrogen (secondary N) is 1. The van der Waals surface area contributed by atoms with E-state index in [1.54, 1.807) is 19.2 Å². The van der Waals surface area contributed by atoms with E-state index >= 15 is 0 Å². The molecule has 0 spiro atoms. The Bertz CT molecular complexity index is 366. The Balaban J connectivity index is 2.50. The molecule has 0 radical (unpaired) electrons. The van der Waals surface area contributed by atoms with Crippen molar-refractivity contribution in [3.8, 4) is 5.75 Å². The average molecular weight is 241 g/mol. The quantitative estimate of drug-likeness (QED) is 0.830. The smallest absolute Gasteiger partial charge is 0.167 e. The van der Waals surface area contributed by atoms with E-state index in [0.717, 1.165) is 18.7 Å². The molecule has 0 atom stereocenters. The molecule has 4 heteroatoms. The highest BCUT2D eigenvalue weighted by atomic mass is 19.1. The molecule has 17 heavy (non-hydrogen) atoms. The molecule has 0 aromatic heterocycles. The zero-order chi connectivity index (χ0) is 12.9. The van der Waals surface area contributed by atoms with Crippen molar-refractivity contribution in [3.63, 3.8) is 0 Å². The molecule has 0 bridgehead atoms. The number of methoxy groups -OCH3 is 2. The second-order valence-corrected chi connectivity index (χ2v) is 4.49. The number of anilines is 1. The van der Waals surface area contributed by atoms with Gasteiger partial charge < -0.3 is 14.8 Å². The first-order valence-electron chi connectivity index (χ1n) is 5.61. The Kier molecular flexibility index (Phi) is 4.75. The van der Waals surface area contributed by atoms with Crippen LogP contribution in [-0.2, 0) is 4.74 Å². The number of hydrogen-bond donors (Lipinski definition) is 1. The lowest BCUT2D eigenvalue weighted by Crippen LogP contribution is -2.25. The first-order chi connectivity index (χ1) is 7.98. The highest BCUT2D eigenvalue weighted by molar-refractivity contribution is 5.47. The van der Waals surface area contributed by atoms with Crippen LogP contribution in [0.3, 0.4) is 0 Å². The van der Waals surface area contributed by atoms with Crippen LogP contribution in [0.5, 0.6) is 5.75 Å². The minimum atomic E-state index is -0.358. The van der Waals surface area contributed by atoms with Crippen LogP contribution in [0, 0.1) is 5.82 Å². The van der Waals surface area contributed by atoms with Gasteiger partial charge in [0.1, 0.15) is 0 Å². The van der Waals surface area contributed by atoms with Crippen molar-refractivity contribution < 1.29 is 13.9 Å². The number of ether oxygens (including phenoxy) is 2. The van der Waals surface area contributed by atoms with Crippen molar-refractivity contribution in [2.24, 2.45) is 0 Å². The van der Waals surface area contributed by atoms with E-state index in [1.807, 2.05) is 13.8 Å². The Morgan fingerprint density at radius 2 is 2.00 bits per heavy atom. The van der Waals surface area contributed by atoms with Crippen molar-refractivity contribution in [2.75, 3.05) is 26.1 Å². The highest BCUT2D eigenvalue weighted by Gasteiger charge is 2.15. The summed E-state index contributed by atoms with van der Waals surface area (Å²) in [4.78, 5) is 0. The summed E-state index contributed by atoms with van der Waals surface area (Å²) in [6.07, 6.45) is 0.844. The van der Waals surface area contributed by atoms with Crippen LogP contribution in [0.25, 0.3) is 0 Å². The molecule has 3 nitrogen and oxygen atoms in total. The highest BCUT2D eigenvalue weighted by Crippen LogP contribution is 2.21. The van der Waals surface area contributed by atoms with Crippen molar-refractivity contribution in [3.05, 3.63) is 24.0 Å². The zero-order valence-corrected chi connectivity index (χ0v) is 10.8. The van der Waals surface area contributed by atoms with Crippen molar-refractivity contribution >= 4 is 5.69 Å². The van der Waals surface area contributed by atoms with Gasteiger partial charge in [-0.25, -0.2) is 4.39 Å². The van der Waals surface area contributed by atoms with Gasteiger partial charge in [-0.1, -0.05) is 0 Å². The van der Waals surface area contributed by atoms with Crippen LogP contribution in [0.2, 0.25) is 0 Å².